The van der Waals surface area contributed by atoms with Crippen LogP contribution >= 0.6 is 0 Å². The Balaban J connectivity index is 2.03. The van der Waals surface area contributed by atoms with Crippen molar-refractivity contribution in [3.8, 4) is 0 Å². The number of likely N-dealkylation sites (N-methyl/N-ethyl adjacent to an activating group) is 1. The van der Waals surface area contributed by atoms with Gasteiger partial charge in [-0.15, -0.1) is 0 Å². The van der Waals surface area contributed by atoms with E-state index in [4.69, 9.17) is 0 Å². The summed E-state index contributed by atoms with van der Waals surface area (Å²) in [6.07, 6.45) is 0. The summed E-state index contributed by atoms with van der Waals surface area (Å²) in [5.41, 5.74) is 1.22. The molecule has 1 aliphatic heterocycles. The van der Waals surface area contributed by atoms with Gasteiger partial charge in [0.25, 0.3) is 11.8 Å². The second kappa shape index (κ2) is 7.59. The summed E-state index contributed by atoms with van der Waals surface area (Å²) in [7, 11) is 0. The molecule has 6 nitrogen and oxygen atoms in total. The van der Waals surface area contributed by atoms with Crippen molar-refractivity contribution in [3.05, 3.63) is 65.4 Å². The zero-order chi connectivity index (χ0) is 20.4. The first-order chi connectivity index (χ1) is 13.3. The minimum atomic E-state index is -1.07. The maximum Gasteiger partial charge on any atom is 0.278 e. The van der Waals surface area contributed by atoms with Gasteiger partial charge in [0.1, 0.15) is 5.70 Å². The molecule has 0 aromatic heterocycles. The van der Waals surface area contributed by atoms with Crippen molar-refractivity contribution in [1.82, 2.24) is 4.90 Å². The molecule has 0 atom stereocenters. The minimum Gasteiger partial charge on any atom is -0.350 e. The van der Waals surface area contributed by atoms with E-state index >= 15 is 0 Å². The van der Waals surface area contributed by atoms with Crippen LogP contribution in [0.2, 0.25) is 0 Å². The average molecular weight is 385 g/mol. The van der Waals surface area contributed by atoms with E-state index in [-0.39, 0.29) is 29.4 Å². The van der Waals surface area contributed by atoms with Gasteiger partial charge in [-0.05, 0) is 36.8 Å². The molecule has 8 heteroatoms. The Morgan fingerprint density at radius 1 is 0.964 bits per heavy atom. The van der Waals surface area contributed by atoms with Crippen LogP contribution in [0.15, 0.2) is 48.2 Å². The van der Waals surface area contributed by atoms with Crippen LogP contribution in [0.5, 0.6) is 0 Å². The molecule has 2 aromatic carbocycles. The highest BCUT2D eigenvalue weighted by molar-refractivity contribution is 6.36. The van der Waals surface area contributed by atoms with Crippen LogP contribution in [-0.2, 0) is 14.4 Å². The van der Waals surface area contributed by atoms with E-state index in [1.807, 2.05) is 0 Å². The number of hydrogen-bond donors (Lipinski definition) is 2. The Kier molecular flexibility index (Phi) is 5.21. The van der Waals surface area contributed by atoms with Crippen LogP contribution in [0.25, 0.3) is 5.57 Å². The molecule has 0 bridgehead atoms. The van der Waals surface area contributed by atoms with Gasteiger partial charge in [0.2, 0.25) is 5.91 Å². The molecule has 144 valence electrons. The molecule has 0 radical (unpaired) electrons. The largest absolute Gasteiger partial charge is 0.350 e. The highest BCUT2D eigenvalue weighted by Crippen LogP contribution is 2.31. The van der Waals surface area contributed by atoms with Crippen molar-refractivity contribution in [1.29, 1.82) is 0 Å². The van der Waals surface area contributed by atoms with E-state index < -0.39 is 23.4 Å². The fourth-order valence-electron chi connectivity index (χ4n) is 2.89. The highest BCUT2D eigenvalue weighted by Gasteiger charge is 2.38. The molecular weight excluding hydrogens is 368 g/mol. The fourth-order valence-corrected chi connectivity index (χ4v) is 2.89. The minimum absolute atomic E-state index is 0.0230. The molecule has 1 aliphatic rings. The highest BCUT2D eigenvalue weighted by atomic mass is 19.2. The molecule has 1 heterocycles. The van der Waals surface area contributed by atoms with Gasteiger partial charge in [0.15, 0.2) is 11.6 Å². The van der Waals surface area contributed by atoms with Crippen LogP contribution in [0.4, 0.5) is 20.2 Å². The summed E-state index contributed by atoms with van der Waals surface area (Å²) in [4.78, 5) is 37.6. The lowest BCUT2D eigenvalue weighted by molar-refractivity contribution is -0.136. The lowest BCUT2D eigenvalue weighted by Crippen LogP contribution is -2.32. The maximum atomic E-state index is 13.5. The van der Waals surface area contributed by atoms with Gasteiger partial charge in [-0.25, -0.2) is 8.78 Å². The standard InChI is InChI=1S/C20H17F2N3O3/c1-3-25-19(27)17(12-4-6-13(7-5-12)23-11(2)26)18(20(25)28)24-14-8-9-15(21)16(22)10-14/h4-10,24H,3H2,1-2H3,(H,23,26). The second-order valence-electron chi connectivity index (χ2n) is 6.12. The van der Waals surface area contributed by atoms with Gasteiger partial charge in [-0.2, -0.15) is 0 Å². The van der Waals surface area contributed by atoms with E-state index in [2.05, 4.69) is 10.6 Å². The number of nitrogens with zero attached hydrogens (tertiary/aromatic N) is 1. The molecule has 0 aliphatic carbocycles. The molecule has 0 unspecified atom stereocenters. The molecule has 28 heavy (non-hydrogen) atoms. The first-order valence-corrected chi connectivity index (χ1v) is 8.52. The van der Waals surface area contributed by atoms with E-state index in [1.54, 1.807) is 31.2 Å². The Labute approximate surface area is 159 Å². The molecule has 0 saturated heterocycles. The van der Waals surface area contributed by atoms with Crippen molar-refractivity contribution >= 4 is 34.7 Å². The van der Waals surface area contributed by atoms with Gasteiger partial charge >= 0.3 is 0 Å². The fraction of sp³-hybridized carbons (Fsp3) is 0.150. The summed E-state index contributed by atoms with van der Waals surface area (Å²) in [5.74, 6) is -3.38. The van der Waals surface area contributed by atoms with E-state index in [0.29, 0.717) is 11.3 Å². The predicted molar refractivity (Wildman–Crippen MR) is 100 cm³/mol. The Morgan fingerprint density at radius 3 is 2.18 bits per heavy atom. The molecular formula is C20H17F2N3O3. The van der Waals surface area contributed by atoms with Crippen molar-refractivity contribution in [2.75, 3.05) is 17.2 Å². The molecule has 3 amide bonds. The Morgan fingerprint density at radius 2 is 1.61 bits per heavy atom. The molecule has 2 N–H and O–H groups in total. The number of benzene rings is 2. The van der Waals surface area contributed by atoms with Crippen LogP contribution in [-0.4, -0.2) is 29.2 Å². The van der Waals surface area contributed by atoms with Crippen LogP contribution in [0.3, 0.4) is 0 Å². The number of imide groups is 1. The van der Waals surface area contributed by atoms with Gasteiger partial charge in [-0.1, -0.05) is 12.1 Å². The second-order valence-corrected chi connectivity index (χ2v) is 6.12. The van der Waals surface area contributed by atoms with E-state index in [9.17, 15) is 23.2 Å². The molecule has 0 fully saturated rings. The summed E-state index contributed by atoms with van der Waals surface area (Å²) >= 11 is 0. The van der Waals surface area contributed by atoms with E-state index in [0.717, 1.165) is 17.0 Å². The van der Waals surface area contributed by atoms with E-state index in [1.165, 1.54) is 13.0 Å². The average Bonchev–Trinajstić information content (AvgIpc) is 2.88. The molecule has 0 saturated carbocycles. The number of nitrogens with one attached hydrogen (secondary N) is 2. The van der Waals surface area contributed by atoms with Crippen molar-refractivity contribution in [3.63, 3.8) is 0 Å². The Bertz CT molecular complexity index is 1000. The number of amides is 3. The topological polar surface area (TPSA) is 78.5 Å². The number of hydrogen-bond acceptors (Lipinski definition) is 4. The van der Waals surface area contributed by atoms with Gasteiger partial charge in [0, 0.05) is 30.9 Å². The quantitative estimate of drug-likeness (QED) is 0.775. The number of halogens is 2. The van der Waals surface area contributed by atoms with Gasteiger partial charge in [-0.3, -0.25) is 19.3 Å². The third kappa shape index (κ3) is 3.62. The first-order valence-electron chi connectivity index (χ1n) is 8.52. The van der Waals surface area contributed by atoms with Gasteiger partial charge < -0.3 is 10.6 Å². The predicted octanol–water partition coefficient (Wildman–Crippen LogP) is 3.14. The van der Waals surface area contributed by atoms with Crippen molar-refractivity contribution in [2.24, 2.45) is 0 Å². The monoisotopic (exact) mass is 385 g/mol. The summed E-state index contributed by atoms with van der Waals surface area (Å²) in [6, 6.07) is 9.51. The van der Waals surface area contributed by atoms with Gasteiger partial charge in [0.05, 0.1) is 5.57 Å². The number of rotatable bonds is 5. The smallest absolute Gasteiger partial charge is 0.278 e. The SMILES string of the molecule is CCN1C(=O)C(Nc2ccc(F)c(F)c2)=C(c2ccc(NC(C)=O)cc2)C1=O. The third-order valence-corrected chi connectivity index (χ3v) is 4.17. The zero-order valence-corrected chi connectivity index (χ0v) is 15.2. The first kappa shape index (κ1) is 19.2. The summed E-state index contributed by atoms with van der Waals surface area (Å²) in [6.45, 7) is 3.19. The lowest BCUT2D eigenvalue weighted by atomic mass is 10.0. The number of carbonyl (C=O) groups is 3. The zero-order valence-electron chi connectivity index (χ0n) is 15.2. The molecule has 3 rings (SSSR count). The maximum absolute atomic E-state index is 13.5. The van der Waals surface area contributed by atoms with Crippen molar-refractivity contribution in [2.45, 2.75) is 13.8 Å². The Hall–Kier alpha value is -3.55. The van der Waals surface area contributed by atoms with Crippen LogP contribution < -0.4 is 10.6 Å². The summed E-state index contributed by atoms with van der Waals surface area (Å²) < 4.78 is 26.7. The number of anilines is 2. The third-order valence-electron chi connectivity index (χ3n) is 4.17. The van der Waals surface area contributed by atoms with Crippen molar-refractivity contribution < 1.29 is 23.2 Å². The lowest BCUT2D eigenvalue weighted by Gasteiger charge is -2.12. The molecule has 2 aromatic rings. The van der Waals surface area contributed by atoms with Crippen LogP contribution in [0.1, 0.15) is 19.4 Å². The van der Waals surface area contributed by atoms with Crippen LogP contribution in [0, 0.1) is 11.6 Å². The molecule has 0 spiro atoms. The normalized spacial score (nSPS) is 13.9. The number of carbonyl (C=O) groups excluding carboxylic acids is 3. The summed E-state index contributed by atoms with van der Waals surface area (Å²) in [5, 5.41) is 5.35.